The van der Waals surface area contributed by atoms with Crippen molar-refractivity contribution in [2.24, 2.45) is 7.05 Å². The van der Waals surface area contributed by atoms with Gasteiger partial charge in [0.05, 0.1) is 16.6 Å². The van der Waals surface area contributed by atoms with E-state index in [1.54, 1.807) is 10.7 Å². The van der Waals surface area contributed by atoms with Crippen molar-refractivity contribution < 1.29 is 9.53 Å². The molecule has 0 saturated carbocycles. The Morgan fingerprint density at radius 1 is 1.07 bits per heavy atom. The molecule has 0 unspecified atom stereocenters. The van der Waals surface area contributed by atoms with Crippen LogP contribution in [0.4, 0.5) is 5.69 Å². The van der Waals surface area contributed by atoms with E-state index >= 15 is 0 Å². The molecule has 0 spiro atoms. The fraction of sp³-hybridized carbons (Fsp3) is 0.174. The summed E-state index contributed by atoms with van der Waals surface area (Å²) >= 11 is 0. The molecule has 0 aliphatic heterocycles. The number of carbonyl (C=O) groups is 1. The third-order valence-corrected chi connectivity index (χ3v) is 4.70. The summed E-state index contributed by atoms with van der Waals surface area (Å²) in [6.45, 7) is 4.26. The van der Waals surface area contributed by atoms with E-state index < -0.39 is 0 Å². The molecule has 6 nitrogen and oxygen atoms in total. The summed E-state index contributed by atoms with van der Waals surface area (Å²) in [7, 11) is 1.83. The molecule has 6 heteroatoms. The van der Waals surface area contributed by atoms with Gasteiger partial charge in [0, 0.05) is 18.4 Å². The van der Waals surface area contributed by atoms with E-state index in [1.165, 1.54) is 0 Å². The molecule has 2 heterocycles. The van der Waals surface area contributed by atoms with E-state index in [0.717, 1.165) is 28.1 Å². The molecule has 2 aromatic carbocycles. The zero-order valence-electron chi connectivity index (χ0n) is 16.6. The van der Waals surface area contributed by atoms with Crippen LogP contribution in [0.15, 0.2) is 60.7 Å². The van der Waals surface area contributed by atoms with Gasteiger partial charge < -0.3 is 10.1 Å². The van der Waals surface area contributed by atoms with Crippen molar-refractivity contribution in [3.63, 3.8) is 0 Å². The molecule has 1 N–H and O–H groups in total. The number of nitrogens with zero attached hydrogens (tertiary/aromatic N) is 3. The molecule has 1 amide bonds. The fourth-order valence-electron chi connectivity index (χ4n) is 3.32. The Balaban J connectivity index is 1.50. The third-order valence-electron chi connectivity index (χ3n) is 4.70. The van der Waals surface area contributed by atoms with E-state index in [4.69, 9.17) is 4.74 Å². The second-order valence-corrected chi connectivity index (χ2v) is 6.97. The highest BCUT2D eigenvalue weighted by atomic mass is 16.5. The SMILES string of the molecule is Cc1cc(C(=O)Nc2ccc(OCc3ccccc3)cc2)c2c(C)nn(C)c2n1. The number of aromatic nitrogens is 3. The van der Waals surface area contributed by atoms with Crippen molar-refractivity contribution in [1.29, 1.82) is 0 Å². The number of carbonyl (C=O) groups excluding carboxylic acids is 1. The first-order valence-electron chi connectivity index (χ1n) is 9.40. The highest BCUT2D eigenvalue weighted by Crippen LogP contribution is 2.23. The number of amides is 1. The number of aryl methyl sites for hydroxylation is 3. The molecule has 0 radical (unpaired) electrons. The van der Waals surface area contributed by atoms with Gasteiger partial charge in [-0.15, -0.1) is 0 Å². The van der Waals surface area contributed by atoms with Gasteiger partial charge in [-0.3, -0.25) is 9.48 Å². The lowest BCUT2D eigenvalue weighted by atomic mass is 10.1. The van der Waals surface area contributed by atoms with Crippen molar-refractivity contribution in [1.82, 2.24) is 14.8 Å². The molecule has 0 bridgehead atoms. The number of nitrogens with one attached hydrogen (secondary N) is 1. The van der Waals surface area contributed by atoms with Crippen molar-refractivity contribution in [2.45, 2.75) is 20.5 Å². The Labute approximate surface area is 169 Å². The second kappa shape index (κ2) is 7.75. The van der Waals surface area contributed by atoms with Crippen LogP contribution in [0.1, 0.15) is 27.3 Å². The van der Waals surface area contributed by atoms with Gasteiger partial charge in [-0.25, -0.2) is 4.98 Å². The minimum atomic E-state index is -0.186. The molecule has 146 valence electrons. The summed E-state index contributed by atoms with van der Waals surface area (Å²) in [5.41, 5.74) is 4.64. The topological polar surface area (TPSA) is 69.0 Å². The maximum absolute atomic E-state index is 12.9. The van der Waals surface area contributed by atoms with Crippen LogP contribution in [-0.4, -0.2) is 20.7 Å². The Hall–Kier alpha value is -3.67. The number of anilines is 1. The Kier molecular flexibility index (Phi) is 4.99. The summed E-state index contributed by atoms with van der Waals surface area (Å²) < 4.78 is 7.50. The highest BCUT2D eigenvalue weighted by Gasteiger charge is 2.17. The van der Waals surface area contributed by atoms with Gasteiger partial charge in [-0.05, 0) is 49.7 Å². The summed E-state index contributed by atoms with van der Waals surface area (Å²) in [5, 5.41) is 8.13. The Bertz CT molecular complexity index is 1170. The van der Waals surface area contributed by atoms with Crippen LogP contribution in [0.25, 0.3) is 11.0 Å². The number of rotatable bonds is 5. The molecular weight excluding hydrogens is 364 g/mol. The van der Waals surface area contributed by atoms with Gasteiger partial charge in [0.25, 0.3) is 5.91 Å². The van der Waals surface area contributed by atoms with E-state index in [9.17, 15) is 4.79 Å². The monoisotopic (exact) mass is 386 g/mol. The minimum Gasteiger partial charge on any atom is -0.489 e. The number of pyridine rings is 1. The first kappa shape index (κ1) is 18.7. The van der Waals surface area contributed by atoms with Crippen LogP contribution in [0.3, 0.4) is 0 Å². The number of fused-ring (bicyclic) bond motifs is 1. The van der Waals surface area contributed by atoms with Crippen LogP contribution >= 0.6 is 0 Å². The molecular formula is C23H22N4O2. The predicted octanol–water partition coefficient (Wildman–Crippen LogP) is 4.42. The normalized spacial score (nSPS) is 10.9. The zero-order valence-corrected chi connectivity index (χ0v) is 16.6. The highest BCUT2D eigenvalue weighted by molar-refractivity contribution is 6.12. The van der Waals surface area contributed by atoms with E-state index in [-0.39, 0.29) is 5.91 Å². The number of ether oxygens (including phenoxy) is 1. The zero-order chi connectivity index (χ0) is 20.4. The summed E-state index contributed by atoms with van der Waals surface area (Å²) in [6, 6.07) is 19.1. The molecule has 2 aromatic heterocycles. The van der Waals surface area contributed by atoms with Crippen molar-refractivity contribution in [3.05, 3.63) is 83.2 Å². The van der Waals surface area contributed by atoms with E-state index in [2.05, 4.69) is 15.4 Å². The maximum atomic E-state index is 12.9. The van der Waals surface area contributed by atoms with Gasteiger partial charge in [0.1, 0.15) is 12.4 Å². The molecule has 0 aliphatic rings. The Morgan fingerprint density at radius 3 is 2.52 bits per heavy atom. The van der Waals surface area contributed by atoms with Gasteiger partial charge in [-0.2, -0.15) is 5.10 Å². The summed E-state index contributed by atoms with van der Waals surface area (Å²) in [4.78, 5) is 17.4. The van der Waals surface area contributed by atoms with Crippen LogP contribution in [0, 0.1) is 13.8 Å². The first-order valence-corrected chi connectivity index (χ1v) is 9.40. The van der Waals surface area contributed by atoms with Crippen molar-refractivity contribution >= 4 is 22.6 Å². The average molecular weight is 386 g/mol. The largest absolute Gasteiger partial charge is 0.489 e. The van der Waals surface area contributed by atoms with Crippen LogP contribution in [0.5, 0.6) is 5.75 Å². The number of hydrogen-bond donors (Lipinski definition) is 1. The van der Waals surface area contributed by atoms with Gasteiger partial charge >= 0.3 is 0 Å². The lowest BCUT2D eigenvalue weighted by Crippen LogP contribution is -2.13. The molecule has 4 aromatic rings. The first-order chi connectivity index (χ1) is 14.0. The smallest absolute Gasteiger partial charge is 0.256 e. The van der Waals surface area contributed by atoms with Crippen LogP contribution in [-0.2, 0) is 13.7 Å². The number of hydrogen-bond acceptors (Lipinski definition) is 4. The second-order valence-electron chi connectivity index (χ2n) is 6.97. The van der Waals surface area contributed by atoms with Crippen LogP contribution < -0.4 is 10.1 Å². The summed E-state index contributed by atoms with van der Waals surface area (Å²) in [6.07, 6.45) is 0. The van der Waals surface area contributed by atoms with Gasteiger partial charge in [0.15, 0.2) is 5.65 Å². The van der Waals surface area contributed by atoms with Crippen LogP contribution in [0.2, 0.25) is 0 Å². The van der Waals surface area contributed by atoms with Gasteiger partial charge in [0.2, 0.25) is 0 Å². The number of benzene rings is 2. The fourth-order valence-corrected chi connectivity index (χ4v) is 3.32. The molecule has 0 aliphatic carbocycles. The van der Waals surface area contributed by atoms with E-state index in [0.29, 0.717) is 23.5 Å². The lowest BCUT2D eigenvalue weighted by molar-refractivity contribution is 0.102. The maximum Gasteiger partial charge on any atom is 0.256 e. The van der Waals surface area contributed by atoms with Crippen molar-refractivity contribution in [2.75, 3.05) is 5.32 Å². The molecule has 0 atom stereocenters. The van der Waals surface area contributed by atoms with Gasteiger partial charge in [-0.1, -0.05) is 30.3 Å². The standard InChI is InChI=1S/C23H22N4O2/c1-15-13-20(21-16(2)26-27(3)22(21)24-15)23(28)25-18-9-11-19(12-10-18)29-14-17-7-5-4-6-8-17/h4-13H,14H2,1-3H3,(H,25,28). The van der Waals surface area contributed by atoms with Crippen molar-refractivity contribution in [3.8, 4) is 5.75 Å². The molecule has 0 saturated heterocycles. The predicted molar refractivity (Wildman–Crippen MR) is 113 cm³/mol. The van der Waals surface area contributed by atoms with E-state index in [1.807, 2.05) is 75.5 Å². The molecule has 29 heavy (non-hydrogen) atoms. The summed E-state index contributed by atoms with van der Waals surface area (Å²) in [5.74, 6) is 0.562. The molecule has 4 rings (SSSR count). The third kappa shape index (κ3) is 3.96. The molecule has 0 fully saturated rings. The Morgan fingerprint density at radius 2 is 1.79 bits per heavy atom. The minimum absolute atomic E-state index is 0.186. The average Bonchev–Trinajstić information content (AvgIpc) is 3.01. The quantitative estimate of drug-likeness (QED) is 0.551. The lowest BCUT2D eigenvalue weighted by Gasteiger charge is -2.10.